The van der Waals surface area contributed by atoms with Crippen LogP contribution in [0.25, 0.3) is 0 Å². The van der Waals surface area contributed by atoms with Gasteiger partial charge in [0, 0.05) is 25.3 Å². The molecule has 1 aliphatic rings. The van der Waals surface area contributed by atoms with Crippen molar-refractivity contribution < 1.29 is 4.74 Å². The maximum Gasteiger partial charge on any atom is 0.123 e. The van der Waals surface area contributed by atoms with Crippen molar-refractivity contribution in [3.8, 4) is 0 Å². The fourth-order valence-corrected chi connectivity index (χ4v) is 2.30. The van der Waals surface area contributed by atoms with Crippen molar-refractivity contribution in [3.63, 3.8) is 0 Å². The van der Waals surface area contributed by atoms with Gasteiger partial charge in [-0.1, -0.05) is 6.92 Å². The monoisotopic (exact) mass is 250 g/mol. The number of anilines is 1. The maximum absolute atomic E-state index is 6.23. The average Bonchev–Trinajstić information content (AvgIpc) is 2.39. The number of pyridine rings is 1. The predicted molar refractivity (Wildman–Crippen MR) is 72.2 cm³/mol. The smallest absolute Gasteiger partial charge is 0.123 e. The van der Waals surface area contributed by atoms with E-state index in [2.05, 4.69) is 16.8 Å². The Morgan fingerprint density at radius 2 is 2.44 bits per heavy atom. The Hall–Kier alpha value is -1.17. The molecule has 0 radical (unpaired) electrons. The second-order valence-corrected chi connectivity index (χ2v) is 4.76. The highest BCUT2D eigenvalue weighted by molar-refractivity contribution is 5.32. The van der Waals surface area contributed by atoms with Gasteiger partial charge in [0.25, 0.3) is 0 Å². The molecule has 0 spiro atoms. The highest BCUT2D eigenvalue weighted by Crippen LogP contribution is 2.12. The third-order valence-corrected chi connectivity index (χ3v) is 3.42. The lowest BCUT2D eigenvalue weighted by Gasteiger charge is -2.35. The number of hydrogen-bond donors (Lipinski definition) is 2. The summed E-state index contributed by atoms with van der Waals surface area (Å²) in [7, 11) is 0. The lowest BCUT2D eigenvalue weighted by Crippen LogP contribution is -2.51. The minimum Gasteiger partial charge on any atom is -0.384 e. The summed E-state index contributed by atoms with van der Waals surface area (Å²) in [6.07, 6.45) is 2.60. The molecule has 0 saturated carbocycles. The standard InChI is InChI=1S/C13H22N4O/c1-2-17-5-6-18-12(9-17)11(14)7-10-3-4-16-13(15)8-10/h3-4,8,11-12H,2,5-7,9,14H2,1H3,(H2,15,16). The van der Waals surface area contributed by atoms with E-state index in [4.69, 9.17) is 16.2 Å². The predicted octanol–water partition coefficient (Wildman–Crippen LogP) is 0.254. The number of morpholine rings is 1. The summed E-state index contributed by atoms with van der Waals surface area (Å²) in [6, 6.07) is 3.83. The molecule has 2 atom stereocenters. The van der Waals surface area contributed by atoms with Gasteiger partial charge in [-0.2, -0.15) is 0 Å². The Morgan fingerprint density at radius 3 is 3.17 bits per heavy atom. The summed E-state index contributed by atoms with van der Waals surface area (Å²) in [4.78, 5) is 6.35. The molecule has 2 rings (SSSR count). The summed E-state index contributed by atoms with van der Waals surface area (Å²) in [5.41, 5.74) is 13.0. The van der Waals surface area contributed by atoms with Crippen molar-refractivity contribution in [3.05, 3.63) is 23.9 Å². The first-order valence-electron chi connectivity index (χ1n) is 6.49. The molecule has 0 aliphatic carbocycles. The fraction of sp³-hybridized carbons (Fsp3) is 0.615. The molecule has 0 amide bonds. The van der Waals surface area contributed by atoms with Gasteiger partial charge in [0.05, 0.1) is 12.7 Å². The van der Waals surface area contributed by atoms with Crippen LogP contribution in [0.1, 0.15) is 12.5 Å². The van der Waals surface area contributed by atoms with Crippen LogP contribution >= 0.6 is 0 Å². The zero-order valence-corrected chi connectivity index (χ0v) is 10.9. The molecular formula is C13H22N4O. The summed E-state index contributed by atoms with van der Waals surface area (Å²) in [5.74, 6) is 0.541. The van der Waals surface area contributed by atoms with Crippen LogP contribution in [0.3, 0.4) is 0 Å². The van der Waals surface area contributed by atoms with Crippen LogP contribution in [0, 0.1) is 0 Å². The number of rotatable bonds is 4. The number of nitrogens with two attached hydrogens (primary N) is 2. The quantitative estimate of drug-likeness (QED) is 0.801. The molecule has 2 unspecified atom stereocenters. The van der Waals surface area contributed by atoms with E-state index in [1.807, 2.05) is 12.1 Å². The number of nitrogen functional groups attached to an aromatic ring is 1. The van der Waals surface area contributed by atoms with Gasteiger partial charge in [0.2, 0.25) is 0 Å². The second kappa shape index (κ2) is 6.13. The van der Waals surface area contributed by atoms with Crippen LogP contribution in [-0.4, -0.2) is 48.3 Å². The van der Waals surface area contributed by atoms with Gasteiger partial charge in [0.1, 0.15) is 5.82 Å². The molecule has 1 aromatic heterocycles. The van der Waals surface area contributed by atoms with Crippen LogP contribution in [0.15, 0.2) is 18.3 Å². The first-order valence-corrected chi connectivity index (χ1v) is 6.49. The molecule has 4 N–H and O–H groups in total. The van der Waals surface area contributed by atoms with Crippen LogP contribution in [0.2, 0.25) is 0 Å². The van der Waals surface area contributed by atoms with E-state index in [1.165, 1.54) is 0 Å². The largest absolute Gasteiger partial charge is 0.384 e. The molecule has 0 bridgehead atoms. The van der Waals surface area contributed by atoms with Gasteiger partial charge in [0.15, 0.2) is 0 Å². The summed E-state index contributed by atoms with van der Waals surface area (Å²) in [5, 5.41) is 0. The second-order valence-electron chi connectivity index (χ2n) is 4.76. The van der Waals surface area contributed by atoms with Gasteiger partial charge in [-0.15, -0.1) is 0 Å². The molecule has 5 nitrogen and oxygen atoms in total. The third-order valence-electron chi connectivity index (χ3n) is 3.42. The summed E-state index contributed by atoms with van der Waals surface area (Å²) in [6.45, 7) is 5.90. The Balaban J connectivity index is 1.93. The molecule has 100 valence electrons. The molecule has 1 fully saturated rings. The minimum atomic E-state index is 0.00106. The summed E-state index contributed by atoms with van der Waals surface area (Å²) < 4.78 is 5.76. The molecule has 1 saturated heterocycles. The zero-order chi connectivity index (χ0) is 13.0. The van der Waals surface area contributed by atoms with Gasteiger partial charge in [-0.25, -0.2) is 4.98 Å². The molecule has 0 aromatic carbocycles. The Bertz CT molecular complexity index is 385. The number of likely N-dealkylation sites (N-methyl/N-ethyl adjacent to an activating group) is 1. The Labute approximate surface area is 108 Å². The lowest BCUT2D eigenvalue weighted by atomic mass is 10.0. The van der Waals surface area contributed by atoms with Gasteiger partial charge in [-0.05, 0) is 30.7 Å². The SMILES string of the molecule is CCN1CCOC(C(N)Cc2ccnc(N)c2)C1. The number of aromatic nitrogens is 1. The maximum atomic E-state index is 6.23. The molecule has 2 heterocycles. The van der Waals surface area contributed by atoms with Crippen molar-refractivity contribution in [2.45, 2.75) is 25.5 Å². The summed E-state index contributed by atoms with van der Waals surface area (Å²) >= 11 is 0. The van der Waals surface area contributed by atoms with Crippen molar-refractivity contribution in [1.29, 1.82) is 0 Å². The van der Waals surface area contributed by atoms with Crippen LogP contribution < -0.4 is 11.5 Å². The lowest BCUT2D eigenvalue weighted by molar-refractivity contribution is -0.0385. The van der Waals surface area contributed by atoms with E-state index in [1.54, 1.807) is 6.20 Å². The van der Waals surface area contributed by atoms with Gasteiger partial charge >= 0.3 is 0 Å². The van der Waals surface area contributed by atoms with E-state index in [-0.39, 0.29) is 12.1 Å². The third kappa shape index (κ3) is 3.41. The van der Waals surface area contributed by atoms with Crippen LogP contribution in [0.5, 0.6) is 0 Å². The van der Waals surface area contributed by atoms with Crippen molar-refractivity contribution in [2.24, 2.45) is 5.73 Å². The van der Waals surface area contributed by atoms with E-state index in [0.717, 1.165) is 38.2 Å². The highest BCUT2D eigenvalue weighted by atomic mass is 16.5. The Morgan fingerprint density at radius 1 is 1.61 bits per heavy atom. The number of nitrogens with zero attached hydrogens (tertiary/aromatic N) is 2. The molecular weight excluding hydrogens is 228 g/mol. The van der Waals surface area contributed by atoms with Crippen LogP contribution in [0.4, 0.5) is 5.82 Å². The molecule has 1 aliphatic heterocycles. The van der Waals surface area contributed by atoms with E-state index >= 15 is 0 Å². The number of ether oxygens (including phenoxy) is 1. The molecule has 5 heteroatoms. The fourth-order valence-electron chi connectivity index (χ4n) is 2.30. The molecule has 18 heavy (non-hydrogen) atoms. The van der Waals surface area contributed by atoms with Gasteiger partial charge < -0.3 is 16.2 Å². The normalized spacial score (nSPS) is 22.9. The average molecular weight is 250 g/mol. The zero-order valence-electron chi connectivity index (χ0n) is 10.9. The van der Waals surface area contributed by atoms with E-state index in [0.29, 0.717) is 5.82 Å². The van der Waals surface area contributed by atoms with Gasteiger partial charge in [-0.3, -0.25) is 4.90 Å². The van der Waals surface area contributed by atoms with Crippen molar-refractivity contribution in [1.82, 2.24) is 9.88 Å². The van der Waals surface area contributed by atoms with E-state index in [9.17, 15) is 0 Å². The number of hydrogen-bond acceptors (Lipinski definition) is 5. The highest BCUT2D eigenvalue weighted by Gasteiger charge is 2.25. The van der Waals surface area contributed by atoms with Crippen molar-refractivity contribution in [2.75, 3.05) is 32.0 Å². The van der Waals surface area contributed by atoms with Crippen LogP contribution in [-0.2, 0) is 11.2 Å². The van der Waals surface area contributed by atoms with Crippen molar-refractivity contribution >= 4 is 5.82 Å². The first-order chi connectivity index (χ1) is 8.69. The Kier molecular flexibility index (Phi) is 4.52. The topological polar surface area (TPSA) is 77.4 Å². The minimum absolute atomic E-state index is 0.00106. The molecule has 1 aromatic rings. The van der Waals surface area contributed by atoms with E-state index < -0.39 is 0 Å². The first kappa shape index (κ1) is 13.3.